The van der Waals surface area contributed by atoms with Crippen LogP contribution in [0.3, 0.4) is 0 Å². The maximum absolute atomic E-state index is 16.7. The van der Waals surface area contributed by atoms with E-state index >= 15 is 4.39 Å². The number of carbonyl (C=O) groups excluding carboxylic acids is 2. The largest absolute Gasteiger partial charge is 0.390 e. The Kier molecular flexibility index (Phi) is 8.07. The molecule has 1 fully saturated rings. The first-order valence-corrected chi connectivity index (χ1v) is 14.3. The Morgan fingerprint density at radius 3 is 2.59 bits per heavy atom. The summed E-state index contributed by atoms with van der Waals surface area (Å²) in [5.74, 6) is -0.337. The lowest BCUT2D eigenvalue weighted by Crippen LogP contribution is -2.48. The summed E-state index contributed by atoms with van der Waals surface area (Å²) in [6.07, 6.45) is 1.02. The molecule has 2 amide bonds. The lowest BCUT2D eigenvalue weighted by Gasteiger charge is -2.37. The van der Waals surface area contributed by atoms with Crippen molar-refractivity contribution < 1.29 is 19.1 Å². The zero-order valence-electron chi connectivity index (χ0n) is 23.9. The third-order valence-electron chi connectivity index (χ3n) is 8.04. The average Bonchev–Trinajstić information content (AvgIpc) is 2.92. The fourth-order valence-corrected chi connectivity index (χ4v) is 6.22. The third kappa shape index (κ3) is 5.94. The molecule has 1 unspecified atom stereocenters. The quantitative estimate of drug-likeness (QED) is 0.456. The van der Waals surface area contributed by atoms with E-state index in [4.69, 9.17) is 16.6 Å². The number of amides is 2. The summed E-state index contributed by atoms with van der Waals surface area (Å²) < 4.78 is 16.7. The van der Waals surface area contributed by atoms with Crippen LogP contribution in [0.15, 0.2) is 30.3 Å². The second kappa shape index (κ2) is 11.4. The van der Waals surface area contributed by atoms with Crippen molar-refractivity contribution in [2.75, 3.05) is 57.0 Å². The minimum atomic E-state index is -1.03. The van der Waals surface area contributed by atoms with Crippen LogP contribution in [0.25, 0.3) is 10.9 Å². The lowest BCUT2D eigenvalue weighted by molar-refractivity contribution is -0.129. The number of aliphatic hydroxyl groups is 1. The van der Waals surface area contributed by atoms with E-state index in [9.17, 15) is 14.7 Å². The van der Waals surface area contributed by atoms with E-state index in [1.807, 2.05) is 29.2 Å². The Labute approximate surface area is 244 Å². The third-order valence-corrected chi connectivity index (χ3v) is 8.35. The molecule has 0 spiro atoms. The number of carbonyl (C=O) groups is 2. The summed E-state index contributed by atoms with van der Waals surface area (Å²) in [4.78, 5) is 38.6. The van der Waals surface area contributed by atoms with Gasteiger partial charge < -0.3 is 25.1 Å². The molecule has 0 saturated carbocycles. The first-order chi connectivity index (χ1) is 19.4. The molecule has 3 aromatic rings. The number of anilines is 2. The molecule has 9 nitrogen and oxygen atoms in total. The maximum atomic E-state index is 16.7. The van der Waals surface area contributed by atoms with Gasteiger partial charge in [0.1, 0.15) is 11.3 Å². The standard InChI is InChI=1S/C30H36ClFN6O3/c1-18(39)37-11-13-38(14-12-37)28-21-15-23(31)25(22-17-30(2,41)16-19-7-5-6-8-20(19)22)26(32)27(21)34-29(35-28)33-10-9-24(40)36(3)4/h5-8,15,22,41H,9-14,16-17H2,1-4H3,(H,33,34,35)/t22-,30?/m0/s1. The Hall–Kier alpha value is -3.50. The van der Waals surface area contributed by atoms with Crippen molar-refractivity contribution in [1.29, 1.82) is 0 Å². The molecular formula is C30H36ClFN6O3. The maximum Gasteiger partial charge on any atom is 0.225 e. The van der Waals surface area contributed by atoms with E-state index in [-0.39, 0.29) is 41.3 Å². The minimum Gasteiger partial charge on any atom is -0.390 e. The van der Waals surface area contributed by atoms with Crippen LogP contribution >= 0.6 is 11.6 Å². The van der Waals surface area contributed by atoms with Gasteiger partial charge >= 0.3 is 0 Å². The number of halogens is 2. The number of nitrogens with one attached hydrogen (secondary N) is 1. The number of rotatable bonds is 6. The molecule has 1 saturated heterocycles. The summed E-state index contributed by atoms with van der Waals surface area (Å²) in [5.41, 5.74) is 1.29. The van der Waals surface area contributed by atoms with Crippen LogP contribution in [0.2, 0.25) is 5.02 Å². The Balaban J connectivity index is 1.60. The highest BCUT2D eigenvalue weighted by molar-refractivity contribution is 6.32. The van der Waals surface area contributed by atoms with E-state index < -0.39 is 17.3 Å². The first-order valence-electron chi connectivity index (χ1n) is 13.9. The number of fused-ring (bicyclic) bond motifs is 2. The van der Waals surface area contributed by atoms with Crippen molar-refractivity contribution in [3.05, 3.63) is 57.9 Å². The van der Waals surface area contributed by atoms with Gasteiger partial charge in [0.05, 0.1) is 5.60 Å². The van der Waals surface area contributed by atoms with Gasteiger partial charge in [0.15, 0.2) is 5.82 Å². The number of nitrogens with zero attached hydrogens (tertiary/aromatic N) is 5. The highest BCUT2D eigenvalue weighted by Crippen LogP contribution is 2.46. The van der Waals surface area contributed by atoms with Crippen LogP contribution in [0.5, 0.6) is 0 Å². The van der Waals surface area contributed by atoms with Crippen LogP contribution in [0.1, 0.15) is 49.3 Å². The molecule has 2 aromatic carbocycles. The highest BCUT2D eigenvalue weighted by Gasteiger charge is 2.37. The fourth-order valence-electron chi connectivity index (χ4n) is 5.90. The summed E-state index contributed by atoms with van der Waals surface area (Å²) in [5, 5.41) is 14.9. The topological polar surface area (TPSA) is 102 Å². The van der Waals surface area contributed by atoms with Gasteiger partial charge in [-0.05, 0) is 30.5 Å². The summed E-state index contributed by atoms with van der Waals surface area (Å²) in [6.45, 7) is 5.66. The average molecular weight is 583 g/mol. The Bertz CT molecular complexity index is 1490. The molecule has 2 aliphatic rings. The van der Waals surface area contributed by atoms with Crippen molar-refractivity contribution in [2.24, 2.45) is 0 Å². The predicted octanol–water partition coefficient (Wildman–Crippen LogP) is 3.81. The summed E-state index contributed by atoms with van der Waals surface area (Å²) in [6, 6.07) is 9.47. The highest BCUT2D eigenvalue weighted by atomic mass is 35.5. The SMILES string of the molecule is CC(=O)N1CCN(c2nc(NCCC(=O)N(C)C)nc3c(F)c([C@H]4CC(C)(O)Cc5ccccc54)c(Cl)cc23)CC1. The first kappa shape index (κ1) is 29.0. The van der Waals surface area contributed by atoms with E-state index in [1.165, 1.54) is 4.90 Å². The van der Waals surface area contributed by atoms with E-state index in [0.29, 0.717) is 55.8 Å². The molecule has 1 aliphatic carbocycles. The van der Waals surface area contributed by atoms with Crippen molar-refractivity contribution in [1.82, 2.24) is 19.8 Å². The zero-order valence-corrected chi connectivity index (χ0v) is 24.6. The van der Waals surface area contributed by atoms with Gasteiger partial charge in [0.2, 0.25) is 17.8 Å². The number of benzene rings is 2. The minimum absolute atomic E-state index is 0.00693. The van der Waals surface area contributed by atoms with Gasteiger partial charge in [0.25, 0.3) is 0 Å². The number of hydrogen-bond acceptors (Lipinski definition) is 7. The predicted molar refractivity (Wildman–Crippen MR) is 158 cm³/mol. The van der Waals surface area contributed by atoms with Crippen molar-refractivity contribution >= 4 is 46.1 Å². The Morgan fingerprint density at radius 1 is 1.20 bits per heavy atom. The molecule has 2 atom stereocenters. The van der Waals surface area contributed by atoms with Gasteiger partial charge in [-0.3, -0.25) is 9.59 Å². The van der Waals surface area contributed by atoms with Crippen LogP contribution in [0, 0.1) is 5.82 Å². The van der Waals surface area contributed by atoms with Gasteiger partial charge in [-0.2, -0.15) is 4.98 Å². The molecule has 1 aromatic heterocycles. The molecular weight excluding hydrogens is 547 g/mol. The molecule has 2 N–H and O–H groups in total. The normalized spacial score (nSPS) is 20.6. The summed E-state index contributed by atoms with van der Waals surface area (Å²) >= 11 is 6.86. The Morgan fingerprint density at radius 2 is 1.90 bits per heavy atom. The second-order valence-electron chi connectivity index (χ2n) is 11.4. The molecule has 2 heterocycles. The molecule has 41 heavy (non-hydrogen) atoms. The van der Waals surface area contributed by atoms with Gasteiger partial charge in [0, 0.05) is 88.5 Å². The van der Waals surface area contributed by atoms with Crippen LogP contribution < -0.4 is 10.2 Å². The van der Waals surface area contributed by atoms with Crippen molar-refractivity contribution in [3.8, 4) is 0 Å². The van der Waals surface area contributed by atoms with Crippen molar-refractivity contribution in [2.45, 2.75) is 44.6 Å². The molecule has 11 heteroatoms. The van der Waals surface area contributed by atoms with Gasteiger partial charge in [-0.25, -0.2) is 9.37 Å². The smallest absolute Gasteiger partial charge is 0.225 e. The van der Waals surface area contributed by atoms with Crippen LogP contribution in [-0.4, -0.2) is 89.1 Å². The van der Waals surface area contributed by atoms with Crippen LogP contribution in [-0.2, 0) is 16.0 Å². The fraction of sp³-hybridized carbons (Fsp3) is 0.467. The zero-order chi connectivity index (χ0) is 29.5. The molecule has 5 rings (SSSR count). The number of piperazine rings is 1. The van der Waals surface area contributed by atoms with E-state index in [1.54, 1.807) is 38.9 Å². The van der Waals surface area contributed by atoms with Gasteiger partial charge in [-0.15, -0.1) is 0 Å². The van der Waals surface area contributed by atoms with E-state index in [2.05, 4.69) is 10.3 Å². The monoisotopic (exact) mass is 582 g/mol. The van der Waals surface area contributed by atoms with Crippen molar-refractivity contribution in [3.63, 3.8) is 0 Å². The second-order valence-corrected chi connectivity index (χ2v) is 11.8. The molecule has 1 aliphatic heterocycles. The van der Waals surface area contributed by atoms with E-state index in [0.717, 1.165) is 11.1 Å². The molecule has 218 valence electrons. The van der Waals surface area contributed by atoms with Gasteiger partial charge in [-0.1, -0.05) is 35.9 Å². The number of hydrogen-bond donors (Lipinski definition) is 2. The number of aromatic nitrogens is 2. The van der Waals surface area contributed by atoms with Crippen LogP contribution in [0.4, 0.5) is 16.2 Å². The molecule has 0 bridgehead atoms. The molecule has 0 radical (unpaired) electrons. The summed E-state index contributed by atoms with van der Waals surface area (Å²) in [7, 11) is 3.38. The lowest BCUT2D eigenvalue weighted by atomic mass is 9.72.